The second kappa shape index (κ2) is 6.62. The highest BCUT2D eigenvalue weighted by atomic mass is 35.5. The molecule has 0 radical (unpaired) electrons. The minimum Gasteiger partial charge on any atom is -0.464 e. The minimum absolute atomic E-state index is 0.226. The number of carbonyl (C=O) groups is 1. The Balaban J connectivity index is 2.35. The van der Waals surface area contributed by atoms with Crippen LogP contribution in [0.2, 0.25) is 5.02 Å². The summed E-state index contributed by atoms with van der Waals surface area (Å²) >= 11 is 6.03. The van der Waals surface area contributed by atoms with Gasteiger partial charge in [0.25, 0.3) is 0 Å². The summed E-state index contributed by atoms with van der Waals surface area (Å²) in [7, 11) is 0. The Morgan fingerprint density at radius 3 is 3.05 bits per heavy atom. The second-order valence-corrected chi connectivity index (χ2v) is 5.17. The molecule has 0 aromatic heterocycles. The Kier molecular flexibility index (Phi) is 4.86. The van der Waals surface area contributed by atoms with Crippen LogP contribution in [-0.4, -0.2) is 25.2 Å². The molecule has 1 saturated heterocycles. The van der Waals surface area contributed by atoms with Gasteiger partial charge < -0.3 is 9.64 Å². The predicted molar refractivity (Wildman–Crippen MR) is 77.8 cm³/mol. The van der Waals surface area contributed by atoms with Crippen molar-refractivity contribution in [1.29, 1.82) is 5.26 Å². The number of benzene rings is 1. The molecule has 1 aliphatic heterocycles. The molecule has 1 aliphatic rings. The topological polar surface area (TPSA) is 53.3 Å². The third-order valence-corrected chi connectivity index (χ3v) is 3.69. The van der Waals surface area contributed by atoms with E-state index >= 15 is 0 Å². The predicted octanol–water partition coefficient (Wildman–Crippen LogP) is 3.13. The fraction of sp³-hybridized carbons (Fsp3) is 0.467. The zero-order valence-corrected chi connectivity index (χ0v) is 12.2. The van der Waals surface area contributed by atoms with Crippen molar-refractivity contribution in [1.82, 2.24) is 0 Å². The molecule has 1 unspecified atom stereocenters. The molecule has 106 valence electrons. The van der Waals surface area contributed by atoms with E-state index in [1.807, 2.05) is 4.90 Å². The Morgan fingerprint density at radius 2 is 2.35 bits per heavy atom. The summed E-state index contributed by atoms with van der Waals surface area (Å²) in [5.74, 6) is -0.226. The molecule has 1 aromatic carbocycles. The minimum atomic E-state index is -0.325. The highest BCUT2D eigenvalue weighted by Gasteiger charge is 2.31. The van der Waals surface area contributed by atoms with Gasteiger partial charge in [0.1, 0.15) is 12.1 Å². The highest BCUT2D eigenvalue weighted by molar-refractivity contribution is 6.30. The van der Waals surface area contributed by atoms with Crippen molar-refractivity contribution in [2.45, 2.75) is 32.2 Å². The van der Waals surface area contributed by atoms with Crippen molar-refractivity contribution in [2.24, 2.45) is 0 Å². The molecule has 0 bridgehead atoms. The summed E-state index contributed by atoms with van der Waals surface area (Å²) in [5.41, 5.74) is 1.25. The van der Waals surface area contributed by atoms with Crippen molar-refractivity contribution in [3.05, 3.63) is 28.8 Å². The van der Waals surface area contributed by atoms with Crippen LogP contribution in [0.4, 0.5) is 5.69 Å². The molecule has 0 amide bonds. The number of hydrogen-bond acceptors (Lipinski definition) is 4. The summed E-state index contributed by atoms with van der Waals surface area (Å²) in [6.45, 7) is 2.90. The largest absolute Gasteiger partial charge is 0.464 e. The average Bonchev–Trinajstić information content (AvgIpc) is 2.47. The zero-order valence-electron chi connectivity index (χ0n) is 11.4. The number of hydrogen-bond donors (Lipinski definition) is 0. The lowest BCUT2D eigenvalue weighted by Crippen LogP contribution is -2.46. The first kappa shape index (κ1) is 14.7. The SMILES string of the molecule is CCOC(=O)C1CCCCN1c1cc(Cl)ccc1C#N. The molecule has 0 aliphatic carbocycles. The van der Waals surface area contributed by atoms with E-state index in [1.54, 1.807) is 25.1 Å². The third kappa shape index (κ3) is 3.05. The maximum Gasteiger partial charge on any atom is 0.328 e. The smallest absolute Gasteiger partial charge is 0.328 e. The molecule has 1 heterocycles. The molecule has 1 aromatic rings. The number of rotatable bonds is 3. The van der Waals surface area contributed by atoms with E-state index in [-0.39, 0.29) is 12.0 Å². The molecule has 4 nitrogen and oxygen atoms in total. The molecular weight excluding hydrogens is 276 g/mol. The van der Waals surface area contributed by atoms with Gasteiger partial charge in [0, 0.05) is 11.6 Å². The van der Waals surface area contributed by atoms with Gasteiger partial charge in [-0.3, -0.25) is 0 Å². The van der Waals surface area contributed by atoms with Crippen molar-refractivity contribution in [3.63, 3.8) is 0 Å². The van der Waals surface area contributed by atoms with Crippen LogP contribution in [0.5, 0.6) is 0 Å². The van der Waals surface area contributed by atoms with Gasteiger partial charge in [0.15, 0.2) is 0 Å². The first-order valence-electron chi connectivity index (χ1n) is 6.80. The van der Waals surface area contributed by atoms with E-state index in [0.717, 1.165) is 31.5 Å². The van der Waals surface area contributed by atoms with E-state index in [1.165, 1.54) is 0 Å². The summed E-state index contributed by atoms with van der Waals surface area (Å²) < 4.78 is 5.14. The van der Waals surface area contributed by atoms with Crippen LogP contribution in [0, 0.1) is 11.3 Å². The lowest BCUT2D eigenvalue weighted by molar-refractivity contribution is -0.145. The van der Waals surface area contributed by atoms with Gasteiger partial charge in [-0.15, -0.1) is 0 Å². The van der Waals surface area contributed by atoms with Crippen molar-refractivity contribution < 1.29 is 9.53 Å². The molecule has 1 fully saturated rings. The van der Waals surface area contributed by atoms with Gasteiger partial charge in [-0.1, -0.05) is 11.6 Å². The number of nitrogens with zero attached hydrogens (tertiary/aromatic N) is 2. The van der Waals surface area contributed by atoms with Gasteiger partial charge in [0.2, 0.25) is 0 Å². The first-order chi connectivity index (χ1) is 9.67. The van der Waals surface area contributed by atoms with Crippen LogP contribution in [0.3, 0.4) is 0 Å². The standard InChI is InChI=1S/C15H17ClN2O2/c1-2-20-15(19)13-5-3-4-8-18(13)14-9-12(16)7-6-11(14)10-17/h6-7,9,13H,2-5,8H2,1H3. The van der Waals surface area contributed by atoms with Crippen LogP contribution in [0.1, 0.15) is 31.7 Å². The van der Waals surface area contributed by atoms with Crippen LogP contribution in [0.15, 0.2) is 18.2 Å². The molecule has 0 saturated carbocycles. The fourth-order valence-corrected chi connectivity index (χ4v) is 2.71. The quantitative estimate of drug-likeness (QED) is 0.803. The van der Waals surface area contributed by atoms with Crippen molar-refractivity contribution >= 4 is 23.3 Å². The molecule has 0 N–H and O–H groups in total. The van der Waals surface area contributed by atoms with Gasteiger partial charge in [-0.2, -0.15) is 5.26 Å². The van der Waals surface area contributed by atoms with Crippen LogP contribution in [0.25, 0.3) is 0 Å². The number of carbonyl (C=O) groups excluding carboxylic acids is 1. The van der Waals surface area contributed by atoms with E-state index in [0.29, 0.717) is 17.2 Å². The summed E-state index contributed by atoms with van der Waals surface area (Å²) in [5, 5.41) is 9.79. The van der Waals surface area contributed by atoms with Gasteiger partial charge in [0.05, 0.1) is 17.9 Å². The van der Waals surface area contributed by atoms with Gasteiger partial charge in [-0.25, -0.2) is 4.79 Å². The maximum atomic E-state index is 12.1. The second-order valence-electron chi connectivity index (χ2n) is 4.73. The van der Waals surface area contributed by atoms with E-state index in [9.17, 15) is 10.1 Å². The number of esters is 1. The Bertz CT molecular complexity index is 539. The fourth-order valence-electron chi connectivity index (χ4n) is 2.54. The van der Waals surface area contributed by atoms with Crippen molar-refractivity contribution in [2.75, 3.05) is 18.1 Å². The molecule has 20 heavy (non-hydrogen) atoms. The number of ether oxygens (including phenoxy) is 1. The Morgan fingerprint density at radius 1 is 1.55 bits per heavy atom. The van der Waals surface area contributed by atoms with Gasteiger partial charge in [-0.05, 0) is 44.4 Å². The summed E-state index contributed by atoms with van der Waals surface area (Å²) in [4.78, 5) is 14.0. The first-order valence-corrected chi connectivity index (χ1v) is 7.18. The third-order valence-electron chi connectivity index (χ3n) is 3.45. The van der Waals surface area contributed by atoms with Crippen LogP contribution < -0.4 is 4.90 Å². The number of halogens is 1. The van der Waals surface area contributed by atoms with Crippen LogP contribution >= 0.6 is 11.6 Å². The Labute approximate surface area is 123 Å². The normalized spacial score (nSPS) is 18.4. The van der Waals surface area contributed by atoms with E-state index < -0.39 is 0 Å². The summed E-state index contributed by atoms with van der Waals surface area (Å²) in [6.07, 6.45) is 2.73. The molecule has 0 spiro atoms. The Hall–Kier alpha value is -1.73. The number of piperidine rings is 1. The number of anilines is 1. The van der Waals surface area contributed by atoms with E-state index in [2.05, 4.69) is 6.07 Å². The molecule has 1 atom stereocenters. The molecule has 2 rings (SSSR count). The molecule has 5 heteroatoms. The molecular formula is C15H17ClN2O2. The highest BCUT2D eigenvalue weighted by Crippen LogP contribution is 2.30. The number of nitriles is 1. The average molecular weight is 293 g/mol. The summed E-state index contributed by atoms with van der Waals surface area (Å²) in [6, 6.07) is 6.96. The van der Waals surface area contributed by atoms with Crippen molar-refractivity contribution in [3.8, 4) is 6.07 Å². The van der Waals surface area contributed by atoms with E-state index in [4.69, 9.17) is 16.3 Å². The zero-order chi connectivity index (χ0) is 14.5. The maximum absolute atomic E-state index is 12.1. The van der Waals surface area contributed by atoms with Crippen LogP contribution in [-0.2, 0) is 9.53 Å². The monoisotopic (exact) mass is 292 g/mol. The lowest BCUT2D eigenvalue weighted by Gasteiger charge is -2.36. The lowest BCUT2D eigenvalue weighted by atomic mass is 10.00. The van der Waals surface area contributed by atoms with Gasteiger partial charge >= 0.3 is 5.97 Å².